The molecule has 1 saturated carbocycles. The molecule has 0 aromatic carbocycles. The number of aromatic nitrogens is 2. The van der Waals surface area contributed by atoms with Crippen LogP contribution in [0.15, 0.2) is 0 Å². The van der Waals surface area contributed by atoms with Gasteiger partial charge in [-0.2, -0.15) is 5.10 Å². The highest BCUT2D eigenvalue weighted by Gasteiger charge is 2.21. The largest absolute Gasteiger partial charge is 0.308 e. The van der Waals surface area contributed by atoms with Crippen LogP contribution in [0, 0.1) is 5.92 Å². The van der Waals surface area contributed by atoms with Crippen molar-refractivity contribution in [1.29, 1.82) is 0 Å². The molecule has 1 aliphatic carbocycles. The lowest BCUT2D eigenvalue weighted by Gasteiger charge is -2.12. The van der Waals surface area contributed by atoms with E-state index < -0.39 is 0 Å². The summed E-state index contributed by atoms with van der Waals surface area (Å²) in [5.74, 6) is 0.862. The summed E-state index contributed by atoms with van der Waals surface area (Å²) >= 11 is 6.32. The van der Waals surface area contributed by atoms with Gasteiger partial charge >= 0.3 is 0 Å². The predicted molar refractivity (Wildman–Crippen MR) is 71.2 cm³/mol. The fraction of sp³-hybridized carbons (Fsp3) is 0.769. The Balaban J connectivity index is 1.97. The van der Waals surface area contributed by atoms with Crippen molar-refractivity contribution in [2.24, 2.45) is 13.0 Å². The fourth-order valence-corrected chi connectivity index (χ4v) is 3.01. The first kappa shape index (κ1) is 12.9. The van der Waals surface area contributed by atoms with Crippen molar-refractivity contribution in [2.45, 2.75) is 52.1 Å². The van der Waals surface area contributed by atoms with Gasteiger partial charge in [0.05, 0.1) is 16.4 Å². The van der Waals surface area contributed by atoms with E-state index in [1.807, 2.05) is 11.7 Å². The molecule has 4 heteroatoms. The van der Waals surface area contributed by atoms with Crippen LogP contribution in [0.25, 0.3) is 0 Å². The molecule has 0 saturated heterocycles. The summed E-state index contributed by atoms with van der Waals surface area (Å²) in [5, 5.41) is 8.88. The zero-order chi connectivity index (χ0) is 12.4. The number of nitrogens with one attached hydrogen (secondary N) is 1. The van der Waals surface area contributed by atoms with E-state index in [1.54, 1.807) is 0 Å². The molecule has 0 amide bonds. The molecule has 1 aliphatic rings. The van der Waals surface area contributed by atoms with Gasteiger partial charge in [0.1, 0.15) is 0 Å². The van der Waals surface area contributed by atoms with E-state index in [1.165, 1.54) is 19.3 Å². The van der Waals surface area contributed by atoms with Crippen LogP contribution in [0.1, 0.15) is 44.5 Å². The molecule has 1 fully saturated rings. The van der Waals surface area contributed by atoms with E-state index in [0.717, 1.165) is 35.3 Å². The van der Waals surface area contributed by atoms with Crippen molar-refractivity contribution in [2.75, 3.05) is 0 Å². The first-order chi connectivity index (χ1) is 8.11. The molecule has 1 heterocycles. The van der Waals surface area contributed by atoms with Crippen molar-refractivity contribution in [3.8, 4) is 0 Å². The minimum absolute atomic E-state index is 0.654. The second-order valence-corrected chi connectivity index (χ2v) is 5.56. The van der Waals surface area contributed by atoms with Gasteiger partial charge in [-0.25, -0.2) is 0 Å². The molecular weight excluding hydrogens is 234 g/mol. The molecule has 1 N–H and O–H groups in total. The van der Waals surface area contributed by atoms with Crippen LogP contribution in [0.3, 0.4) is 0 Å². The smallest absolute Gasteiger partial charge is 0.0863 e. The topological polar surface area (TPSA) is 29.9 Å². The van der Waals surface area contributed by atoms with Gasteiger partial charge in [0.25, 0.3) is 0 Å². The van der Waals surface area contributed by atoms with E-state index in [-0.39, 0.29) is 0 Å². The first-order valence-corrected chi connectivity index (χ1v) is 6.93. The molecule has 2 atom stereocenters. The molecule has 0 spiro atoms. The summed E-state index contributed by atoms with van der Waals surface area (Å²) in [7, 11) is 1.97. The number of nitrogens with zero attached hydrogens (tertiary/aromatic N) is 2. The minimum Gasteiger partial charge on any atom is -0.308 e. The Bertz CT molecular complexity index is 386. The average molecular weight is 256 g/mol. The third-order valence-electron chi connectivity index (χ3n) is 3.76. The van der Waals surface area contributed by atoms with Crippen LogP contribution in [0.2, 0.25) is 5.02 Å². The number of halogens is 1. The second-order valence-electron chi connectivity index (χ2n) is 5.18. The molecule has 96 valence electrons. The van der Waals surface area contributed by atoms with Gasteiger partial charge in [-0.05, 0) is 31.6 Å². The van der Waals surface area contributed by atoms with Gasteiger partial charge in [-0.15, -0.1) is 0 Å². The van der Waals surface area contributed by atoms with Crippen molar-refractivity contribution < 1.29 is 0 Å². The summed E-state index contributed by atoms with van der Waals surface area (Å²) in [4.78, 5) is 0. The molecule has 17 heavy (non-hydrogen) atoms. The summed E-state index contributed by atoms with van der Waals surface area (Å²) in [6.45, 7) is 5.25. The molecule has 3 nitrogen and oxygen atoms in total. The van der Waals surface area contributed by atoms with Gasteiger partial charge in [0.15, 0.2) is 0 Å². The summed E-state index contributed by atoms with van der Waals surface area (Å²) < 4.78 is 1.91. The number of hydrogen-bond acceptors (Lipinski definition) is 2. The fourth-order valence-electron chi connectivity index (χ4n) is 2.65. The van der Waals surface area contributed by atoms with E-state index in [0.29, 0.717) is 6.04 Å². The zero-order valence-electron chi connectivity index (χ0n) is 11.0. The van der Waals surface area contributed by atoms with Gasteiger partial charge in [-0.1, -0.05) is 25.4 Å². The Morgan fingerprint density at radius 2 is 2.24 bits per heavy atom. The Labute approximate surface area is 109 Å². The monoisotopic (exact) mass is 255 g/mol. The van der Waals surface area contributed by atoms with Crippen LogP contribution >= 0.6 is 11.6 Å². The molecule has 0 bridgehead atoms. The highest BCUT2D eigenvalue weighted by Crippen LogP contribution is 2.26. The third kappa shape index (κ3) is 2.83. The van der Waals surface area contributed by atoms with Gasteiger partial charge in [0.2, 0.25) is 0 Å². The zero-order valence-corrected chi connectivity index (χ0v) is 11.7. The molecule has 0 aliphatic heterocycles. The maximum atomic E-state index is 6.32. The van der Waals surface area contributed by atoms with Crippen LogP contribution in [0.4, 0.5) is 0 Å². The quantitative estimate of drug-likeness (QED) is 0.897. The third-order valence-corrected chi connectivity index (χ3v) is 4.19. The van der Waals surface area contributed by atoms with Crippen molar-refractivity contribution in [3.05, 3.63) is 16.4 Å². The lowest BCUT2D eigenvalue weighted by Crippen LogP contribution is -2.26. The molecular formula is C13H22ClN3. The van der Waals surface area contributed by atoms with Crippen LogP contribution < -0.4 is 5.32 Å². The predicted octanol–water partition coefficient (Wildman–Crippen LogP) is 2.91. The SMILES string of the molecule is CCc1nn(C)c(CNC2CCC(C)C2)c1Cl. The van der Waals surface area contributed by atoms with E-state index >= 15 is 0 Å². The lowest BCUT2D eigenvalue weighted by atomic mass is 10.1. The standard InChI is InChI=1S/C13H22ClN3/c1-4-11-13(14)12(17(3)16-11)8-15-10-6-5-9(2)7-10/h9-10,15H,4-8H2,1-3H3. The number of rotatable bonds is 4. The van der Waals surface area contributed by atoms with Crippen LogP contribution in [0.5, 0.6) is 0 Å². The minimum atomic E-state index is 0.654. The molecule has 2 unspecified atom stereocenters. The summed E-state index contributed by atoms with van der Waals surface area (Å²) in [6.07, 6.45) is 4.82. The molecule has 1 aromatic rings. The Kier molecular flexibility index (Phi) is 4.10. The normalized spacial score (nSPS) is 24.5. The van der Waals surface area contributed by atoms with Crippen molar-refractivity contribution in [3.63, 3.8) is 0 Å². The van der Waals surface area contributed by atoms with E-state index in [2.05, 4.69) is 24.3 Å². The highest BCUT2D eigenvalue weighted by molar-refractivity contribution is 6.31. The van der Waals surface area contributed by atoms with Gasteiger partial charge in [0, 0.05) is 19.6 Å². The number of aryl methyl sites for hydroxylation is 2. The second kappa shape index (κ2) is 5.40. The summed E-state index contributed by atoms with van der Waals surface area (Å²) in [6, 6.07) is 0.654. The maximum absolute atomic E-state index is 6.32. The first-order valence-electron chi connectivity index (χ1n) is 6.55. The van der Waals surface area contributed by atoms with E-state index in [4.69, 9.17) is 11.6 Å². The van der Waals surface area contributed by atoms with Crippen molar-refractivity contribution >= 4 is 11.6 Å². The Hall–Kier alpha value is -0.540. The summed E-state index contributed by atoms with van der Waals surface area (Å²) in [5.41, 5.74) is 2.12. The molecule has 1 aromatic heterocycles. The van der Waals surface area contributed by atoms with Crippen LogP contribution in [-0.4, -0.2) is 15.8 Å². The molecule has 2 rings (SSSR count). The van der Waals surface area contributed by atoms with E-state index in [9.17, 15) is 0 Å². The Morgan fingerprint density at radius 3 is 2.76 bits per heavy atom. The lowest BCUT2D eigenvalue weighted by molar-refractivity contribution is 0.490. The number of hydrogen-bond donors (Lipinski definition) is 1. The Morgan fingerprint density at radius 1 is 1.47 bits per heavy atom. The average Bonchev–Trinajstić information content (AvgIpc) is 2.82. The highest BCUT2D eigenvalue weighted by atomic mass is 35.5. The maximum Gasteiger partial charge on any atom is 0.0863 e. The van der Waals surface area contributed by atoms with Crippen LogP contribution in [-0.2, 0) is 20.0 Å². The van der Waals surface area contributed by atoms with Gasteiger partial charge in [-0.3, -0.25) is 4.68 Å². The van der Waals surface area contributed by atoms with Gasteiger partial charge < -0.3 is 5.32 Å². The molecule has 0 radical (unpaired) electrons. The van der Waals surface area contributed by atoms with Crippen molar-refractivity contribution in [1.82, 2.24) is 15.1 Å².